The van der Waals surface area contributed by atoms with E-state index in [1.165, 1.54) is 25.4 Å². The molecule has 8 unspecified atom stereocenters. The molecular weight excluding hydrogens is 428 g/mol. The van der Waals surface area contributed by atoms with Gasteiger partial charge in [-0.3, -0.25) is 9.59 Å². The maximum Gasteiger partial charge on any atom is 0.310 e. The van der Waals surface area contributed by atoms with Crippen LogP contribution in [0.25, 0.3) is 0 Å². The number of carbonyl (C=O) groups is 2. The molecule has 2 bridgehead atoms. The average molecular weight is 455 g/mol. The van der Waals surface area contributed by atoms with Gasteiger partial charge >= 0.3 is 11.9 Å². The normalized spacial score (nSPS) is 34.6. The minimum Gasteiger partial charge on any atom is -0.469 e. The molecule has 1 heterocycles. The zero-order valence-electron chi connectivity index (χ0n) is 19.1. The second-order valence-corrected chi connectivity index (χ2v) is 9.46. The highest BCUT2D eigenvalue weighted by atomic mass is 16.5. The molecule has 1 fully saturated rings. The van der Waals surface area contributed by atoms with Crippen LogP contribution >= 0.6 is 0 Å². The first-order valence-corrected chi connectivity index (χ1v) is 11.7. The number of rotatable bonds is 4. The van der Waals surface area contributed by atoms with Crippen LogP contribution in [0.4, 0.5) is 0 Å². The van der Waals surface area contributed by atoms with Crippen LogP contribution in [0, 0.1) is 35.5 Å². The summed E-state index contributed by atoms with van der Waals surface area (Å²) in [7, 11) is 2.78. The number of allylic oxidation sites excluding steroid dienone is 2. The third-order valence-electron chi connectivity index (χ3n) is 8.10. The van der Waals surface area contributed by atoms with Crippen LogP contribution in [0.2, 0.25) is 0 Å². The SMILES string of the molecule is COC(=O)C1C2C=CC(C1C(=O)OC)C1C3=C(C(c4ccccc4)N=NC3c3ccccc3)C21. The molecule has 0 radical (unpaired) electrons. The topological polar surface area (TPSA) is 77.3 Å². The van der Waals surface area contributed by atoms with Gasteiger partial charge in [-0.15, -0.1) is 0 Å². The van der Waals surface area contributed by atoms with Gasteiger partial charge in [0.15, 0.2) is 0 Å². The van der Waals surface area contributed by atoms with Gasteiger partial charge in [-0.05, 0) is 45.9 Å². The molecule has 34 heavy (non-hydrogen) atoms. The van der Waals surface area contributed by atoms with Crippen LogP contribution < -0.4 is 0 Å². The van der Waals surface area contributed by atoms with Gasteiger partial charge in [0.1, 0.15) is 12.1 Å². The van der Waals surface area contributed by atoms with Crippen molar-refractivity contribution in [3.63, 3.8) is 0 Å². The Balaban J connectivity index is 1.51. The molecule has 2 aromatic rings. The molecule has 8 atom stereocenters. The fourth-order valence-corrected chi connectivity index (χ4v) is 6.81. The lowest BCUT2D eigenvalue weighted by Crippen LogP contribution is -2.59. The Kier molecular flexibility index (Phi) is 4.97. The standard InChI is InChI=1S/C28H26N2O4/c1-33-27(31)21-17-13-14-18(22(21)28(32)34-2)20-19(17)23-24(20)26(16-11-7-4-8-12-16)30-29-25(23)15-9-5-3-6-10-15/h3-14,17-22,25-26H,1-2H3. The number of esters is 2. The van der Waals surface area contributed by atoms with E-state index >= 15 is 0 Å². The minimum atomic E-state index is -0.562. The molecule has 2 aromatic carbocycles. The lowest BCUT2D eigenvalue weighted by Gasteiger charge is -2.61. The summed E-state index contributed by atoms with van der Waals surface area (Å²) in [4.78, 5) is 25.9. The van der Waals surface area contributed by atoms with Crippen LogP contribution in [0.5, 0.6) is 0 Å². The Labute approximate surface area is 198 Å². The van der Waals surface area contributed by atoms with E-state index in [1.54, 1.807) is 0 Å². The van der Waals surface area contributed by atoms with Crippen molar-refractivity contribution >= 4 is 11.9 Å². The Hall–Kier alpha value is -3.54. The highest BCUT2D eigenvalue weighted by molar-refractivity contribution is 5.84. The molecule has 7 rings (SSSR count). The van der Waals surface area contributed by atoms with Crippen LogP contribution in [-0.2, 0) is 19.1 Å². The number of hydrogen-bond acceptors (Lipinski definition) is 6. The molecule has 1 saturated carbocycles. The number of carbonyl (C=O) groups excluding carboxylic acids is 2. The summed E-state index contributed by atoms with van der Waals surface area (Å²) in [6, 6.07) is 20.0. The van der Waals surface area contributed by atoms with E-state index < -0.39 is 11.8 Å². The molecule has 6 nitrogen and oxygen atoms in total. The van der Waals surface area contributed by atoms with E-state index in [4.69, 9.17) is 19.7 Å². The summed E-state index contributed by atoms with van der Waals surface area (Å²) in [5.74, 6) is -1.87. The lowest BCUT2D eigenvalue weighted by molar-refractivity contribution is -0.169. The molecule has 0 N–H and O–H groups in total. The lowest BCUT2D eigenvalue weighted by atomic mass is 9.43. The van der Waals surface area contributed by atoms with Crippen LogP contribution in [0.3, 0.4) is 0 Å². The molecule has 0 saturated heterocycles. The molecule has 6 heteroatoms. The number of benzene rings is 2. The molecule has 4 aliphatic carbocycles. The van der Waals surface area contributed by atoms with Gasteiger partial charge in [-0.2, -0.15) is 10.2 Å². The van der Waals surface area contributed by atoms with Crippen molar-refractivity contribution < 1.29 is 19.1 Å². The summed E-state index contributed by atoms with van der Waals surface area (Å²) in [6.07, 6.45) is 4.23. The van der Waals surface area contributed by atoms with Gasteiger partial charge in [0.05, 0.1) is 26.1 Å². The van der Waals surface area contributed by atoms with Gasteiger partial charge in [-0.25, -0.2) is 0 Å². The third kappa shape index (κ3) is 2.87. The summed E-state index contributed by atoms with van der Waals surface area (Å²) in [5, 5.41) is 9.62. The number of nitrogens with zero attached hydrogens (tertiary/aromatic N) is 2. The molecule has 0 amide bonds. The van der Waals surface area contributed by atoms with Crippen LogP contribution in [-0.4, -0.2) is 26.2 Å². The fraction of sp³-hybridized carbons (Fsp3) is 0.357. The Morgan fingerprint density at radius 1 is 0.647 bits per heavy atom. The second kappa shape index (κ2) is 8.05. The zero-order chi connectivity index (χ0) is 23.4. The van der Waals surface area contributed by atoms with E-state index in [9.17, 15) is 9.59 Å². The second-order valence-electron chi connectivity index (χ2n) is 9.46. The van der Waals surface area contributed by atoms with Crippen LogP contribution in [0.1, 0.15) is 23.2 Å². The van der Waals surface area contributed by atoms with Gasteiger partial charge in [0.25, 0.3) is 0 Å². The largest absolute Gasteiger partial charge is 0.469 e. The van der Waals surface area contributed by atoms with Crippen molar-refractivity contribution in [2.24, 2.45) is 45.7 Å². The minimum absolute atomic E-state index is 0.116. The monoisotopic (exact) mass is 454 g/mol. The highest BCUT2D eigenvalue weighted by Gasteiger charge is 2.65. The number of azo groups is 1. The van der Waals surface area contributed by atoms with Gasteiger partial charge < -0.3 is 9.47 Å². The van der Waals surface area contributed by atoms with Gasteiger partial charge in [-0.1, -0.05) is 72.8 Å². The predicted octanol–water partition coefficient (Wildman–Crippen LogP) is 4.87. The first-order chi connectivity index (χ1) is 16.7. The summed E-state index contributed by atoms with van der Waals surface area (Å²) in [6.45, 7) is 0. The first kappa shape index (κ1) is 21.0. The molecule has 172 valence electrons. The van der Waals surface area contributed by atoms with E-state index in [2.05, 4.69) is 36.4 Å². The van der Waals surface area contributed by atoms with Crippen molar-refractivity contribution in [3.05, 3.63) is 95.1 Å². The quantitative estimate of drug-likeness (QED) is 0.488. The zero-order valence-corrected chi connectivity index (χ0v) is 19.1. The average Bonchev–Trinajstić information content (AvgIpc) is 2.89. The maximum absolute atomic E-state index is 12.9. The van der Waals surface area contributed by atoms with Crippen molar-refractivity contribution in [2.75, 3.05) is 14.2 Å². The first-order valence-electron chi connectivity index (χ1n) is 11.7. The van der Waals surface area contributed by atoms with Gasteiger partial charge in [0.2, 0.25) is 0 Å². The smallest absolute Gasteiger partial charge is 0.310 e. The molecule has 1 aliphatic heterocycles. The third-order valence-corrected chi connectivity index (χ3v) is 8.10. The van der Waals surface area contributed by atoms with Gasteiger partial charge in [0, 0.05) is 0 Å². The van der Waals surface area contributed by atoms with Crippen LogP contribution in [0.15, 0.2) is 94.2 Å². The van der Waals surface area contributed by atoms with Crippen molar-refractivity contribution in [1.29, 1.82) is 0 Å². The summed E-state index contributed by atoms with van der Waals surface area (Å²) in [5.41, 5.74) is 4.68. The van der Waals surface area contributed by atoms with Crippen molar-refractivity contribution in [3.8, 4) is 0 Å². The number of methoxy groups -OCH3 is 2. The number of hydrogen-bond donors (Lipinski definition) is 0. The Morgan fingerprint density at radius 3 is 1.38 bits per heavy atom. The van der Waals surface area contributed by atoms with E-state index in [0.29, 0.717) is 0 Å². The fourth-order valence-electron chi connectivity index (χ4n) is 6.81. The molecule has 5 aliphatic rings. The Bertz CT molecular complexity index is 1130. The van der Waals surface area contributed by atoms with Crippen molar-refractivity contribution in [2.45, 2.75) is 12.1 Å². The molecule has 0 aromatic heterocycles. The maximum atomic E-state index is 12.9. The predicted molar refractivity (Wildman–Crippen MR) is 124 cm³/mol. The summed E-state index contributed by atoms with van der Waals surface area (Å²) >= 11 is 0. The Morgan fingerprint density at radius 2 is 1.03 bits per heavy atom. The van der Waals surface area contributed by atoms with E-state index in [0.717, 1.165) is 11.1 Å². The van der Waals surface area contributed by atoms with Crippen molar-refractivity contribution in [1.82, 2.24) is 0 Å². The summed E-state index contributed by atoms with van der Waals surface area (Å²) < 4.78 is 10.3. The molecule has 0 spiro atoms. The van der Waals surface area contributed by atoms with E-state index in [-0.39, 0.29) is 47.7 Å². The highest BCUT2D eigenvalue weighted by Crippen LogP contribution is 2.68. The van der Waals surface area contributed by atoms with E-state index in [1.807, 2.05) is 36.4 Å². The number of ether oxygens (including phenoxy) is 2. The number of fused-ring (bicyclic) bond motifs is 1. The molecular formula is C28H26N2O4.